The van der Waals surface area contributed by atoms with Crippen LogP contribution in [-0.2, 0) is 0 Å². The highest BCUT2D eigenvalue weighted by Crippen LogP contribution is 2.31. The zero-order valence-corrected chi connectivity index (χ0v) is 10.1. The normalized spacial score (nSPS) is 17.0. The minimum Gasteiger partial charge on any atom is -0.334 e. The zero-order chi connectivity index (χ0) is 11.6. The molecular weight excluding hydrogens is 270 g/mol. The first-order valence-electron chi connectivity index (χ1n) is 5.01. The Kier molecular flexibility index (Phi) is 2.92. The fraction of sp³-hybridized carbons (Fsp3) is 0.364. The van der Waals surface area contributed by atoms with E-state index in [1.54, 1.807) is 18.3 Å². The third kappa shape index (κ3) is 1.93. The number of carbonyl (C=O) groups excluding carboxylic acids is 1. The smallest absolute Gasteiger partial charge is 0.255 e. The first kappa shape index (κ1) is 11.1. The Morgan fingerprint density at radius 2 is 2.38 bits per heavy atom. The number of hydrogen-bond acceptors (Lipinski definition) is 3. The molecule has 0 atom stereocenters. The van der Waals surface area contributed by atoms with Crippen LogP contribution in [0.1, 0.15) is 29.6 Å². The summed E-state index contributed by atoms with van der Waals surface area (Å²) in [6, 6.07) is 5.54. The molecule has 0 saturated heterocycles. The Labute approximate surface area is 102 Å². The lowest BCUT2D eigenvalue weighted by atomic mass is 9.78. The molecule has 2 rings (SSSR count). The fourth-order valence-electron chi connectivity index (χ4n) is 1.64. The van der Waals surface area contributed by atoms with Crippen LogP contribution in [0.5, 0.6) is 0 Å². The van der Waals surface area contributed by atoms with Crippen LogP contribution in [0.4, 0.5) is 0 Å². The Hall–Kier alpha value is -1.41. The maximum absolute atomic E-state index is 11.9. The van der Waals surface area contributed by atoms with Gasteiger partial charge in [0.2, 0.25) is 0 Å². The van der Waals surface area contributed by atoms with Crippen LogP contribution >= 0.6 is 15.9 Å². The van der Waals surface area contributed by atoms with Crippen LogP contribution in [0, 0.1) is 11.3 Å². The van der Waals surface area contributed by atoms with E-state index in [0.29, 0.717) is 10.2 Å². The van der Waals surface area contributed by atoms with E-state index in [2.05, 4.69) is 32.3 Å². The van der Waals surface area contributed by atoms with Crippen molar-refractivity contribution in [1.82, 2.24) is 10.3 Å². The van der Waals surface area contributed by atoms with E-state index in [1.165, 1.54) is 0 Å². The van der Waals surface area contributed by atoms with Gasteiger partial charge >= 0.3 is 0 Å². The number of carbonyl (C=O) groups is 1. The third-order valence-electron chi connectivity index (χ3n) is 2.78. The van der Waals surface area contributed by atoms with Crippen molar-refractivity contribution in [3.05, 3.63) is 28.5 Å². The Morgan fingerprint density at radius 1 is 1.62 bits per heavy atom. The molecule has 0 radical (unpaired) electrons. The van der Waals surface area contributed by atoms with Gasteiger partial charge < -0.3 is 5.32 Å². The maximum Gasteiger partial charge on any atom is 0.255 e. The topological polar surface area (TPSA) is 65.8 Å². The molecule has 1 aliphatic carbocycles. The van der Waals surface area contributed by atoms with Gasteiger partial charge in [-0.3, -0.25) is 4.79 Å². The van der Waals surface area contributed by atoms with E-state index in [4.69, 9.17) is 5.26 Å². The molecule has 1 aromatic rings. The third-order valence-corrected chi connectivity index (χ3v) is 3.41. The summed E-state index contributed by atoms with van der Waals surface area (Å²) in [5.74, 6) is -0.249. The van der Waals surface area contributed by atoms with Crippen LogP contribution in [0.3, 0.4) is 0 Å². The summed E-state index contributed by atoms with van der Waals surface area (Å²) in [4.78, 5) is 15.9. The number of nitrogens with zero attached hydrogens (tertiary/aromatic N) is 2. The van der Waals surface area contributed by atoms with Crippen molar-refractivity contribution in [2.45, 2.75) is 24.8 Å². The van der Waals surface area contributed by atoms with E-state index >= 15 is 0 Å². The molecule has 4 nitrogen and oxygen atoms in total. The maximum atomic E-state index is 11.9. The second-order valence-electron chi connectivity index (χ2n) is 3.84. The van der Waals surface area contributed by atoms with Gasteiger partial charge in [-0.05, 0) is 47.3 Å². The van der Waals surface area contributed by atoms with Gasteiger partial charge in [0.05, 0.1) is 11.6 Å². The molecule has 1 fully saturated rings. The average Bonchev–Trinajstić information content (AvgIpc) is 2.24. The van der Waals surface area contributed by atoms with Crippen LogP contribution in [0.2, 0.25) is 0 Å². The molecule has 0 spiro atoms. The van der Waals surface area contributed by atoms with Gasteiger partial charge in [-0.1, -0.05) is 0 Å². The highest BCUT2D eigenvalue weighted by molar-refractivity contribution is 9.10. The van der Waals surface area contributed by atoms with Gasteiger partial charge in [0.25, 0.3) is 5.91 Å². The number of nitrogens with one attached hydrogen (secondary N) is 1. The summed E-state index contributed by atoms with van der Waals surface area (Å²) in [6.45, 7) is 0. The predicted molar refractivity (Wildman–Crippen MR) is 61.6 cm³/mol. The van der Waals surface area contributed by atoms with Crippen molar-refractivity contribution in [1.29, 1.82) is 5.26 Å². The van der Waals surface area contributed by atoms with Gasteiger partial charge in [-0.15, -0.1) is 0 Å². The summed E-state index contributed by atoms with van der Waals surface area (Å²) < 4.78 is 0.500. The summed E-state index contributed by atoms with van der Waals surface area (Å²) in [5, 5.41) is 11.8. The van der Waals surface area contributed by atoms with Gasteiger partial charge in [0.1, 0.15) is 10.1 Å². The largest absolute Gasteiger partial charge is 0.334 e. The lowest BCUT2D eigenvalue weighted by Crippen LogP contribution is -2.52. The molecule has 1 N–H and O–H groups in total. The second-order valence-corrected chi connectivity index (χ2v) is 4.59. The number of rotatable bonds is 2. The van der Waals surface area contributed by atoms with Crippen molar-refractivity contribution in [2.75, 3.05) is 0 Å². The van der Waals surface area contributed by atoms with Gasteiger partial charge in [-0.2, -0.15) is 5.26 Å². The molecule has 1 aromatic heterocycles. The van der Waals surface area contributed by atoms with Gasteiger partial charge in [0.15, 0.2) is 0 Å². The molecule has 1 saturated carbocycles. The van der Waals surface area contributed by atoms with Crippen LogP contribution in [0.15, 0.2) is 22.9 Å². The van der Waals surface area contributed by atoms with Crippen molar-refractivity contribution in [3.63, 3.8) is 0 Å². The van der Waals surface area contributed by atoms with Crippen molar-refractivity contribution in [3.8, 4) is 6.07 Å². The minimum absolute atomic E-state index is 0.249. The van der Waals surface area contributed by atoms with E-state index in [0.717, 1.165) is 19.3 Å². The highest BCUT2D eigenvalue weighted by atomic mass is 79.9. The lowest BCUT2D eigenvalue weighted by molar-refractivity contribution is 0.0880. The molecule has 1 aliphatic rings. The number of amides is 1. The fourth-order valence-corrected chi connectivity index (χ4v) is 2.07. The molecule has 0 unspecified atom stereocenters. The van der Waals surface area contributed by atoms with E-state index in [1.807, 2.05) is 0 Å². The van der Waals surface area contributed by atoms with Crippen LogP contribution in [0.25, 0.3) is 0 Å². The monoisotopic (exact) mass is 279 g/mol. The second kappa shape index (κ2) is 4.22. The van der Waals surface area contributed by atoms with E-state index < -0.39 is 5.54 Å². The van der Waals surface area contributed by atoms with E-state index in [9.17, 15) is 4.79 Å². The SMILES string of the molecule is N#CC1(NC(=O)c2cccnc2Br)CCC1. The Bertz CT molecular complexity index is 463. The molecule has 5 heteroatoms. The summed E-state index contributed by atoms with van der Waals surface area (Å²) in [5.41, 5.74) is -0.198. The number of nitriles is 1. The molecule has 0 aliphatic heterocycles. The number of halogens is 1. The standard InChI is InChI=1S/C11H10BrN3O/c12-9-8(3-1-6-14-9)10(16)15-11(7-13)4-2-5-11/h1,3,6H,2,4-5H2,(H,15,16). The van der Waals surface area contributed by atoms with E-state index in [-0.39, 0.29) is 5.91 Å². The molecule has 0 aromatic carbocycles. The summed E-state index contributed by atoms with van der Waals surface area (Å²) in [7, 11) is 0. The molecule has 16 heavy (non-hydrogen) atoms. The predicted octanol–water partition coefficient (Wildman–Crippen LogP) is 2.02. The van der Waals surface area contributed by atoms with Crippen molar-refractivity contribution < 1.29 is 4.79 Å². The van der Waals surface area contributed by atoms with Gasteiger partial charge in [-0.25, -0.2) is 4.98 Å². The molecule has 82 valence electrons. The number of pyridine rings is 1. The number of hydrogen-bond donors (Lipinski definition) is 1. The Balaban J connectivity index is 2.15. The van der Waals surface area contributed by atoms with Crippen molar-refractivity contribution in [2.24, 2.45) is 0 Å². The molecule has 0 bridgehead atoms. The highest BCUT2D eigenvalue weighted by Gasteiger charge is 2.39. The zero-order valence-electron chi connectivity index (χ0n) is 8.53. The summed E-state index contributed by atoms with van der Waals surface area (Å²) in [6.07, 6.45) is 4.05. The quantitative estimate of drug-likeness (QED) is 0.843. The van der Waals surface area contributed by atoms with Gasteiger partial charge in [0, 0.05) is 6.20 Å². The van der Waals surface area contributed by atoms with Crippen LogP contribution < -0.4 is 5.32 Å². The number of aromatic nitrogens is 1. The van der Waals surface area contributed by atoms with Crippen molar-refractivity contribution >= 4 is 21.8 Å². The first-order valence-corrected chi connectivity index (χ1v) is 5.80. The van der Waals surface area contributed by atoms with Crippen LogP contribution in [-0.4, -0.2) is 16.4 Å². The summed E-state index contributed by atoms with van der Waals surface area (Å²) >= 11 is 3.21. The first-order chi connectivity index (χ1) is 7.67. The Morgan fingerprint density at radius 3 is 2.88 bits per heavy atom. The lowest BCUT2D eigenvalue weighted by Gasteiger charge is -2.35. The molecular formula is C11H10BrN3O. The molecule has 1 amide bonds. The molecule has 1 heterocycles. The average molecular weight is 280 g/mol. The minimum atomic E-state index is -0.660.